The summed E-state index contributed by atoms with van der Waals surface area (Å²) in [7, 11) is 0. The molecule has 1 rings (SSSR count). The Morgan fingerprint density at radius 1 is 1.50 bits per heavy atom. The summed E-state index contributed by atoms with van der Waals surface area (Å²) in [5.41, 5.74) is 0.436. The van der Waals surface area contributed by atoms with Crippen LogP contribution >= 0.6 is 50.7 Å². The molecule has 68 valence electrons. The molecule has 0 fully saturated rings. The van der Waals surface area contributed by atoms with Gasteiger partial charge in [-0.15, -0.1) is 0 Å². The number of ether oxygens (including phenoxy) is 1. The molecule has 2 nitrogen and oxygen atoms in total. The summed E-state index contributed by atoms with van der Waals surface area (Å²) in [4.78, 5) is 11.0. The Labute approximate surface area is 92.9 Å². The fraction of sp³-hybridized carbons (Fsp3) is 0.500. The van der Waals surface area contributed by atoms with Gasteiger partial charge < -0.3 is 4.74 Å². The number of rotatable bonds is 0. The first kappa shape index (κ1) is 10.6. The van der Waals surface area contributed by atoms with Crippen LogP contribution in [0.3, 0.4) is 0 Å². The van der Waals surface area contributed by atoms with Crippen molar-refractivity contribution in [2.45, 2.75) is 16.8 Å². The predicted molar refractivity (Wildman–Crippen MR) is 51.8 cm³/mol. The van der Waals surface area contributed by atoms with Crippen LogP contribution in [0.4, 0.5) is 0 Å². The van der Waals surface area contributed by atoms with E-state index in [0.29, 0.717) is 10.1 Å². The lowest BCUT2D eigenvalue weighted by Crippen LogP contribution is -2.26. The average Bonchev–Trinajstić information content (AvgIpc) is 2.15. The number of hydrogen-bond donors (Lipinski definition) is 0. The van der Waals surface area contributed by atoms with Crippen LogP contribution in [0.15, 0.2) is 10.1 Å². The van der Waals surface area contributed by atoms with Crippen molar-refractivity contribution in [3.63, 3.8) is 0 Å². The maximum absolute atomic E-state index is 11.0. The number of halogens is 4. The number of cyclic esters (lactones) is 1. The molecular weight excluding hydrogens is 290 g/mol. The van der Waals surface area contributed by atoms with Gasteiger partial charge in [-0.2, -0.15) is 0 Å². The van der Waals surface area contributed by atoms with E-state index in [4.69, 9.17) is 39.5 Å². The number of carbonyl (C=O) groups excluding carboxylic acids is 1. The molecular formula is C6H4BrCl3O2. The molecule has 1 aliphatic rings. The largest absolute Gasteiger partial charge is 0.449 e. The molecule has 0 aromatic heterocycles. The Balaban J connectivity index is 2.95. The van der Waals surface area contributed by atoms with Crippen LogP contribution in [0.5, 0.6) is 0 Å². The third-order valence-electron chi connectivity index (χ3n) is 1.42. The highest BCUT2D eigenvalue weighted by Gasteiger charge is 2.43. The van der Waals surface area contributed by atoms with Gasteiger partial charge in [0.15, 0.2) is 6.10 Å². The summed E-state index contributed by atoms with van der Waals surface area (Å²) in [6.07, 6.45) is -0.824. The van der Waals surface area contributed by atoms with E-state index in [1.165, 1.54) is 0 Å². The lowest BCUT2D eigenvalue weighted by atomic mass is 10.3. The Morgan fingerprint density at radius 3 is 2.17 bits per heavy atom. The standard InChI is InChI=1S/C6H4BrCl3O2/c1-2-3(7)4(6(8,9)10)12-5(2)11/h4H,1H3/t4-/m0/s1. The second-order valence-corrected chi connectivity index (χ2v) is 5.52. The molecule has 6 heteroatoms. The van der Waals surface area contributed by atoms with Crippen molar-refractivity contribution in [3.05, 3.63) is 10.1 Å². The molecule has 0 saturated heterocycles. The molecule has 0 N–H and O–H groups in total. The predicted octanol–water partition coefficient (Wildman–Crippen LogP) is 2.95. The zero-order chi connectivity index (χ0) is 9.52. The maximum atomic E-state index is 11.0. The number of hydrogen-bond acceptors (Lipinski definition) is 2. The molecule has 0 aliphatic carbocycles. The molecule has 0 bridgehead atoms. The first-order chi connectivity index (χ1) is 5.34. The number of alkyl halides is 3. The Bertz CT molecular complexity index is 256. The molecule has 1 aliphatic heterocycles. The van der Waals surface area contributed by atoms with Crippen LogP contribution in [-0.2, 0) is 9.53 Å². The first-order valence-electron chi connectivity index (χ1n) is 2.98. The zero-order valence-corrected chi connectivity index (χ0v) is 9.76. The Hall–Kier alpha value is 0.560. The van der Waals surface area contributed by atoms with Crippen molar-refractivity contribution >= 4 is 56.7 Å². The van der Waals surface area contributed by atoms with Crippen LogP contribution in [0.2, 0.25) is 0 Å². The van der Waals surface area contributed by atoms with E-state index in [0.717, 1.165) is 0 Å². The van der Waals surface area contributed by atoms with Gasteiger partial charge in [0.1, 0.15) is 0 Å². The van der Waals surface area contributed by atoms with E-state index in [1.54, 1.807) is 6.92 Å². The summed E-state index contributed by atoms with van der Waals surface area (Å²) in [6.45, 7) is 1.60. The summed E-state index contributed by atoms with van der Waals surface area (Å²) < 4.78 is 3.67. The normalized spacial score (nSPS) is 24.8. The second kappa shape index (κ2) is 3.37. The van der Waals surface area contributed by atoms with Crippen molar-refractivity contribution < 1.29 is 9.53 Å². The maximum Gasteiger partial charge on any atom is 0.335 e. The zero-order valence-electron chi connectivity index (χ0n) is 5.91. The van der Waals surface area contributed by atoms with Gasteiger partial charge in [-0.1, -0.05) is 50.7 Å². The van der Waals surface area contributed by atoms with Crippen LogP contribution < -0.4 is 0 Å². The summed E-state index contributed by atoms with van der Waals surface area (Å²) >= 11 is 19.8. The van der Waals surface area contributed by atoms with Gasteiger partial charge in [0, 0.05) is 5.57 Å². The van der Waals surface area contributed by atoms with Crippen molar-refractivity contribution in [2.24, 2.45) is 0 Å². The fourth-order valence-electron chi connectivity index (χ4n) is 0.752. The average molecular weight is 294 g/mol. The number of esters is 1. The minimum atomic E-state index is -1.62. The summed E-state index contributed by atoms with van der Waals surface area (Å²) in [5.74, 6) is -0.460. The minimum absolute atomic E-state index is 0.436. The molecule has 0 unspecified atom stereocenters. The van der Waals surface area contributed by atoms with E-state index in [2.05, 4.69) is 15.9 Å². The molecule has 0 radical (unpaired) electrons. The highest BCUT2D eigenvalue weighted by atomic mass is 79.9. The second-order valence-electron chi connectivity index (χ2n) is 2.30. The minimum Gasteiger partial charge on any atom is -0.449 e. The van der Waals surface area contributed by atoms with Gasteiger partial charge in [0.05, 0.1) is 4.48 Å². The first-order valence-corrected chi connectivity index (χ1v) is 4.90. The lowest BCUT2D eigenvalue weighted by molar-refractivity contribution is -0.139. The molecule has 0 aromatic carbocycles. The smallest absolute Gasteiger partial charge is 0.335 e. The van der Waals surface area contributed by atoms with Gasteiger partial charge in [-0.25, -0.2) is 4.79 Å². The number of carbonyl (C=O) groups is 1. The van der Waals surface area contributed by atoms with E-state index >= 15 is 0 Å². The van der Waals surface area contributed by atoms with Gasteiger partial charge in [-0.05, 0) is 6.92 Å². The monoisotopic (exact) mass is 292 g/mol. The lowest BCUT2D eigenvalue weighted by Gasteiger charge is -2.18. The van der Waals surface area contributed by atoms with E-state index in [1.807, 2.05) is 0 Å². The van der Waals surface area contributed by atoms with Crippen LogP contribution in [0.25, 0.3) is 0 Å². The van der Waals surface area contributed by atoms with Gasteiger partial charge in [-0.3, -0.25) is 0 Å². The molecule has 1 atom stereocenters. The quantitative estimate of drug-likeness (QED) is 0.507. The summed E-state index contributed by atoms with van der Waals surface area (Å²) in [6, 6.07) is 0. The van der Waals surface area contributed by atoms with Crippen molar-refractivity contribution in [1.82, 2.24) is 0 Å². The van der Waals surface area contributed by atoms with Crippen molar-refractivity contribution in [1.29, 1.82) is 0 Å². The SMILES string of the molecule is CC1=C(Br)[C@@H](C(Cl)(Cl)Cl)OC1=O. The Kier molecular flexibility index (Phi) is 2.99. The highest BCUT2D eigenvalue weighted by Crippen LogP contribution is 2.42. The molecule has 0 amide bonds. The Morgan fingerprint density at radius 2 is 2.00 bits per heavy atom. The molecule has 0 saturated carbocycles. The molecule has 12 heavy (non-hydrogen) atoms. The van der Waals surface area contributed by atoms with Crippen molar-refractivity contribution in [2.75, 3.05) is 0 Å². The third kappa shape index (κ3) is 1.90. The molecule has 1 heterocycles. The van der Waals surface area contributed by atoms with Crippen LogP contribution in [0.1, 0.15) is 6.92 Å². The topological polar surface area (TPSA) is 26.3 Å². The van der Waals surface area contributed by atoms with Gasteiger partial charge in [0.25, 0.3) is 0 Å². The molecule has 0 aromatic rings. The van der Waals surface area contributed by atoms with Crippen LogP contribution in [-0.4, -0.2) is 15.9 Å². The fourth-order valence-corrected chi connectivity index (χ4v) is 2.21. The third-order valence-corrected chi connectivity index (χ3v) is 3.02. The van der Waals surface area contributed by atoms with Gasteiger partial charge in [0.2, 0.25) is 3.79 Å². The van der Waals surface area contributed by atoms with E-state index < -0.39 is 15.9 Å². The van der Waals surface area contributed by atoms with Crippen LogP contribution in [0, 0.1) is 0 Å². The van der Waals surface area contributed by atoms with Gasteiger partial charge >= 0.3 is 5.97 Å². The van der Waals surface area contributed by atoms with E-state index in [9.17, 15) is 4.79 Å². The van der Waals surface area contributed by atoms with E-state index in [-0.39, 0.29) is 0 Å². The molecule has 0 spiro atoms. The highest BCUT2D eigenvalue weighted by molar-refractivity contribution is 9.11. The summed E-state index contributed by atoms with van der Waals surface area (Å²) in [5, 5.41) is 0. The van der Waals surface area contributed by atoms with Crippen molar-refractivity contribution in [3.8, 4) is 0 Å².